The first-order valence-corrected chi connectivity index (χ1v) is 10.7. The standard InChI is InChI=1S/C18H24N4O3S/c1-13-7-8-17(19-10-13)21-18(23)16(9-14-5-3-4-6-14)22-12-15(11-20-22)26(2,24)25/h7-8,10-12,14,16H,3-6,9H2,1-2H3,(H,19,21,23)/t16-/m0/s1. The van der Waals surface area contributed by atoms with Gasteiger partial charge in [0.25, 0.3) is 0 Å². The Kier molecular flexibility index (Phi) is 5.41. The Hall–Kier alpha value is -2.22. The fourth-order valence-corrected chi connectivity index (χ4v) is 3.87. The van der Waals surface area contributed by atoms with Crippen LogP contribution in [0.4, 0.5) is 5.82 Å². The molecule has 0 saturated heterocycles. The number of hydrogen-bond donors (Lipinski definition) is 1. The molecule has 2 heterocycles. The number of amides is 1. The van der Waals surface area contributed by atoms with Crippen LogP contribution in [-0.2, 0) is 14.6 Å². The zero-order valence-corrected chi connectivity index (χ0v) is 15.9. The zero-order valence-electron chi connectivity index (χ0n) is 15.1. The molecule has 1 atom stereocenters. The second kappa shape index (κ2) is 7.57. The number of pyridine rings is 1. The molecule has 0 aromatic carbocycles. The molecule has 1 fully saturated rings. The molecule has 8 heteroatoms. The SMILES string of the molecule is Cc1ccc(NC(=O)[C@H](CC2CCCC2)n2cc(S(C)(=O)=O)cn2)nc1. The van der Waals surface area contributed by atoms with E-state index >= 15 is 0 Å². The average molecular weight is 376 g/mol. The number of aromatic nitrogens is 3. The molecule has 26 heavy (non-hydrogen) atoms. The van der Waals surface area contributed by atoms with E-state index in [1.807, 2.05) is 13.0 Å². The number of sulfone groups is 1. The predicted molar refractivity (Wildman–Crippen MR) is 98.6 cm³/mol. The van der Waals surface area contributed by atoms with Crippen molar-refractivity contribution in [2.45, 2.75) is 50.0 Å². The highest BCUT2D eigenvalue weighted by Crippen LogP contribution is 2.32. The van der Waals surface area contributed by atoms with Crippen molar-refractivity contribution in [2.75, 3.05) is 11.6 Å². The molecule has 2 aromatic rings. The highest BCUT2D eigenvalue weighted by Gasteiger charge is 2.28. The van der Waals surface area contributed by atoms with E-state index in [2.05, 4.69) is 15.4 Å². The highest BCUT2D eigenvalue weighted by atomic mass is 32.2. The second-order valence-electron chi connectivity index (χ2n) is 7.04. The molecule has 140 valence electrons. The van der Waals surface area contributed by atoms with Crippen LogP contribution in [0.2, 0.25) is 0 Å². The van der Waals surface area contributed by atoms with Gasteiger partial charge in [0.1, 0.15) is 16.8 Å². The average Bonchev–Trinajstić information content (AvgIpc) is 3.25. The van der Waals surface area contributed by atoms with Gasteiger partial charge in [0.05, 0.1) is 6.20 Å². The van der Waals surface area contributed by atoms with E-state index in [1.165, 1.54) is 29.9 Å². The summed E-state index contributed by atoms with van der Waals surface area (Å²) in [7, 11) is -3.36. The van der Waals surface area contributed by atoms with Crippen LogP contribution in [0.1, 0.15) is 43.7 Å². The van der Waals surface area contributed by atoms with Crippen molar-refractivity contribution in [2.24, 2.45) is 5.92 Å². The maximum atomic E-state index is 12.9. The number of anilines is 1. The fraction of sp³-hybridized carbons (Fsp3) is 0.500. The van der Waals surface area contributed by atoms with E-state index in [1.54, 1.807) is 12.3 Å². The molecule has 1 amide bonds. The molecule has 0 radical (unpaired) electrons. The molecule has 1 N–H and O–H groups in total. The van der Waals surface area contributed by atoms with Gasteiger partial charge in [-0.15, -0.1) is 0 Å². The Morgan fingerprint density at radius 3 is 2.62 bits per heavy atom. The third-order valence-electron chi connectivity index (χ3n) is 4.82. The van der Waals surface area contributed by atoms with Gasteiger partial charge in [0.15, 0.2) is 9.84 Å². The molecule has 7 nitrogen and oxygen atoms in total. The van der Waals surface area contributed by atoms with E-state index in [4.69, 9.17) is 0 Å². The van der Waals surface area contributed by atoms with Gasteiger partial charge in [-0.3, -0.25) is 9.48 Å². The van der Waals surface area contributed by atoms with Crippen LogP contribution < -0.4 is 5.32 Å². The smallest absolute Gasteiger partial charge is 0.250 e. The van der Waals surface area contributed by atoms with Crippen LogP contribution in [0.25, 0.3) is 0 Å². The number of carbonyl (C=O) groups excluding carboxylic acids is 1. The van der Waals surface area contributed by atoms with Gasteiger partial charge in [0, 0.05) is 18.6 Å². The minimum atomic E-state index is -3.36. The molecule has 2 aromatic heterocycles. The number of hydrogen-bond acceptors (Lipinski definition) is 5. The van der Waals surface area contributed by atoms with Gasteiger partial charge < -0.3 is 5.32 Å². The predicted octanol–water partition coefficient (Wildman–Crippen LogP) is 2.75. The lowest BCUT2D eigenvalue weighted by molar-refractivity contribution is -0.120. The van der Waals surface area contributed by atoms with Crippen LogP contribution in [0.3, 0.4) is 0 Å². The zero-order chi connectivity index (χ0) is 18.7. The lowest BCUT2D eigenvalue weighted by Gasteiger charge is -2.20. The largest absolute Gasteiger partial charge is 0.309 e. The lowest BCUT2D eigenvalue weighted by atomic mass is 9.98. The van der Waals surface area contributed by atoms with Crippen molar-refractivity contribution in [1.29, 1.82) is 0 Å². The van der Waals surface area contributed by atoms with E-state index < -0.39 is 15.9 Å². The third kappa shape index (κ3) is 4.49. The van der Waals surface area contributed by atoms with Crippen molar-refractivity contribution in [3.05, 3.63) is 36.3 Å². The number of carbonyl (C=O) groups is 1. The number of aryl methyl sites for hydroxylation is 1. The van der Waals surface area contributed by atoms with Crippen LogP contribution in [-0.4, -0.2) is 35.3 Å². The number of rotatable bonds is 6. The quantitative estimate of drug-likeness (QED) is 0.836. The van der Waals surface area contributed by atoms with Gasteiger partial charge in [-0.25, -0.2) is 13.4 Å². The Morgan fingerprint density at radius 1 is 1.31 bits per heavy atom. The summed E-state index contributed by atoms with van der Waals surface area (Å²) in [6, 6.07) is 3.08. The first-order valence-electron chi connectivity index (χ1n) is 8.80. The molecule has 1 aliphatic rings. The Balaban J connectivity index is 1.83. The van der Waals surface area contributed by atoms with Crippen LogP contribution in [0.5, 0.6) is 0 Å². The minimum absolute atomic E-state index is 0.121. The van der Waals surface area contributed by atoms with Crippen LogP contribution in [0.15, 0.2) is 35.6 Å². The topological polar surface area (TPSA) is 94.0 Å². The Labute approximate surface area is 153 Å². The summed E-state index contributed by atoms with van der Waals surface area (Å²) in [5.74, 6) is 0.700. The maximum Gasteiger partial charge on any atom is 0.250 e. The van der Waals surface area contributed by atoms with E-state index in [0.717, 1.165) is 24.7 Å². The maximum absolute atomic E-state index is 12.9. The molecule has 0 aliphatic heterocycles. The second-order valence-corrected chi connectivity index (χ2v) is 9.06. The summed E-state index contributed by atoms with van der Waals surface area (Å²) in [6.45, 7) is 1.93. The Bertz CT molecular complexity index is 868. The van der Waals surface area contributed by atoms with E-state index in [0.29, 0.717) is 18.2 Å². The van der Waals surface area contributed by atoms with E-state index in [9.17, 15) is 13.2 Å². The molecule has 0 unspecified atom stereocenters. The number of nitrogens with zero attached hydrogens (tertiary/aromatic N) is 3. The minimum Gasteiger partial charge on any atom is -0.309 e. The first kappa shape index (κ1) is 18.6. The summed E-state index contributed by atoms with van der Waals surface area (Å²) < 4.78 is 25.0. The van der Waals surface area contributed by atoms with Crippen molar-refractivity contribution in [3.8, 4) is 0 Å². The summed E-state index contributed by atoms with van der Waals surface area (Å²) >= 11 is 0. The molecular weight excluding hydrogens is 352 g/mol. The van der Waals surface area contributed by atoms with Gasteiger partial charge in [0.2, 0.25) is 5.91 Å². The number of nitrogens with one attached hydrogen (secondary N) is 1. The Morgan fingerprint density at radius 2 is 2.04 bits per heavy atom. The van der Waals surface area contributed by atoms with Gasteiger partial charge in [-0.2, -0.15) is 5.10 Å². The summed E-state index contributed by atoms with van der Waals surface area (Å²) in [5, 5.41) is 6.99. The summed E-state index contributed by atoms with van der Waals surface area (Å²) in [6.07, 6.45) is 10.7. The fourth-order valence-electron chi connectivity index (χ4n) is 3.33. The van der Waals surface area contributed by atoms with Crippen LogP contribution in [0, 0.1) is 12.8 Å². The molecule has 0 spiro atoms. The molecule has 1 saturated carbocycles. The molecular formula is C18H24N4O3S. The van der Waals surface area contributed by atoms with Gasteiger partial charge >= 0.3 is 0 Å². The van der Waals surface area contributed by atoms with Crippen LogP contribution >= 0.6 is 0 Å². The van der Waals surface area contributed by atoms with Crippen molar-refractivity contribution < 1.29 is 13.2 Å². The normalized spacial score (nSPS) is 16.5. The van der Waals surface area contributed by atoms with E-state index in [-0.39, 0.29) is 10.8 Å². The molecule has 0 bridgehead atoms. The monoisotopic (exact) mass is 376 g/mol. The lowest BCUT2D eigenvalue weighted by Crippen LogP contribution is -2.28. The highest BCUT2D eigenvalue weighted by molar-refractivity contribution is 7.90. The van der Waals surface area contributed by atoms with Gasteiger partial charge in [-0.1, -0.05) is 31.7 Å². The summed E-state index contributed by atoms with van der Waals surface area (Å²) in [4.78, 5) is 17.2. The molecule has 3 rings (SSSR count). The van der Waals surface area contributed by atoms with Crippen molar-refractivity contribution in [3.63, 3.8) is 0 Å². The first-order chi connectivity index (χ1) is 12.3. The van der Waals surface area contributed by atoms with Crippen molar-refractivity contribution >= 4 is 21.6 Å². The van der Waals surface area contributed by atoms with Gasteiger partial charge in [-0.05, 0) is 30.9 Å². The third-order valence-corrected chi connectivity index (χ3v) is 5.89. The summed E-state index contributed by atoms with van der Waals surface area (Å²) in [5.41, 5.74) is 1.01. The van der Waals surface area contributed by atoms with Crippen molar-refractivity contribution in [1.82, 2.24) is 14.8 Å². The molecule has 1 aliphatic carbocycles.